The third-order valence-corrected chi connectivity index (χ3v) is 4.77. The molecule has 0 aromatic heterocycles. The predicted octanol–water partition coefficient (Wildman–Crippen LogP) is 3.43. The maximum absolute atomic E-state index is 12.5. The van der Waals surface area contributed by atoms with Crippen LogP contribution < -0.4 is 5.32 Å². The summed E-state index contributed by atoms with van der Waals surface area (Å²) in [5.41, 5.74) is -0.0958. The fourth-order valence-electron chi connectivity index (χ4n) is 2.90. The van der Waals surface area contributed by atoms with Gasteiger partial charge in [0.05, 0.1) is 12.0 Å². The molecule has 1 aromatic carbocycles. The summed E-state index contributed by atoms with van der Waals surface area (Å²) in [6.07, 6.45) is 1.85. The van der Waals surface area contributed by atoms with Gasteiger partial charge < -0.3 is 10.1 Å². The Morgan fingerprint density at radius 2 is 1.96 bits per heavy atom. The maximum atomic E-state index is 12.5. The minimum absolute atomic E-state index is 0.00701. The highest BCUT2D eigenvalue weighted by Crippen LogP contribution is 2.39. The van der Waals surface area contributed by atoms with Crippen molar-refractivity contribution in [3.63, 3.8) is 0 Å². The van der Waals surface area contributed by atoms with Crippen molar-refractivity contribution in [2.24, 2.45) is 11.8 Å². The van der Waals surface area contributed by atoms with E-state index in [0.717, 1.165) is 18.4 Å². The van der Waals surface area contributed by atoms with Gasteiger partial charge in [-0.15, -0.1) is 0 Å². The first-order valence-electron chi connectivity index (χ1n) is 8.41. The molecule has 1 aliphatic carbocycles. The van der Waals surface area contributed by atoms with Crippen LogP contribution in [-0.4, -0.2) is 24.0 Å². The number of esters is 1. The van der Waals surface area contributed by atoms with Crippen LogP contribution in [0, 0.1) is 23.2 Å². The summed E-state index contributed by atoms with van der Waals surface area (Å²) < 4.78 is 5.21. The fourth-order valence-corrected chi connectivity index (χ4v) is 3.02. The van der Waals surface area contributed by atoms with Crippen molar-refractivity contribution in [3.8, 4) is 6.07 Å². The zero-order chi connectivity index (χ0) is 18.6. The highest BCUT2D eigenvalue weighted by Gasteiger charge is 2.43. The molecule has 1 amide bonds. The van der Waals surface area contributed by atoms with Gasteiger partial charge in [-0.1, -0.05) is 37.6 Å². The molecule has 2 rings (SSSR count). The standard InChI is InChI=1S/C19H23ClN2O3/c1-12(2)17(13-4-8-15(20)9-5-13)18(24)25-10-16(23)22-19(3,11-21)14-6-7-14/h4-5,8-9,12,14,17H,6-7,10H2,1-3H3,(H,22,23)/t17-,19+/m0/s1. The molecule has 0 heterocycles. The summed E-state index contributed by atoms with van der Waals surface area (Å²) in [5, 5.41) is 12.5. The van der Waals surface area contributed by atoms with Gasteiger partial charge in [0.15, 0.2) is 6.61 Å². The van der Waals surface area contributed by atoms with Crippen LogP contribution in [0.3, 0.4) is 0 Å². The first kappa shape index (κ1) is 19.3. The first-order valence-corrected chi connectivity index (χ1v) is 8.79. The molecule has 0 bridgehead atoms. The quantitative estimate of drug-likeness (QED) is 0.753. The van der Waals surface area contributed by atoms with Gasteiger partial charge in [0.1, 0.15) is 5.54 Å². The van der Waals surface area contributed by atoms with Crippen LogP contribution in [0.2, 0.25) is 5.02 Å². The molecule has 6 heteroatoms. The van der Waals surface area contributed by atoms with Gasteiger partial charge in [-0.3, -0.25) is 9.59 Å². The number of benzene rings is 1. The number of nitrogens with one attached hydrogen (secondary N) is 1. The van der Waals surface area contributed by atoms with Crippen molar-refractivity contribution in [1.82, 2.24) is 5.32 Å². The van der Waals surface area contributed by atoms with Crippen LogP contribution >= 0.6 is 11.6 Å². The average Bonchev–Trinajstić information content (AvgIpc) is 3.40. The molecule has 1 N–H and O–H groups in total. The lowest BCUT2D eigenvalue weighted by atomic mass is 9.88. The Bertz CT molecular complexity index is 677. The van der Waals surface area contributed by atoms with Crippen molar-refractivity contribution in [2.75, 3.05) is 6.61 Å². The van der Waals surface area contributed by atoms with E-state index in [9.17, 15) is 14.9 Å². The number of amides is 1. The smallest absolute Gasteiger partial charge is 0.314 e. The second-order valence-corrected chi connectivity index (χ2v) is 7.45. The molecule has 1 aromatic rings. The number of hydrogen-bond donors (Lipinski definition) is 1. The predicted molar refractivity (Wildman–Crippen MR) is 94.9 cm³/mol. The van der Waals surface area contributed by atoms with E-state index in [2.05, 4.69) is 11.4 Å². The summed E-state index contributed by atoms with van der Waals surface area (Å²) in [6.45, 7) is 5.15. The van der Waals surface area contributed by atoms with Gasteiger partial charge >= 0.3 is 5.97 Å². The molecule has 1 aliphatic rings. The summed E-state index contributed by atoms with van der Waals surface area (Å²) in [5.74, 6) is -1.21. The topological polar surface area (TPSA) is 79.2 Å². The largest absolute Gasteiger partial charge is 0.455 e. The van der Waals surface area contributed by atoms with Crippen LogP contribution in [0.4, 0.5) is 0 Å². The SMILES string of the molecule is CC(C)[C@H](C(=O)OCC(=O)N[C@](C)(C#N)C1CC1)c1ccc(Cl)cc1. The lowest BCUT2D eigenvalue weighted by Gasteiger charge is -2.23. The normalized spacial score (nSPS) is 17.3. The van der Waals surface area contributed by atoms with Crippen LogP contribution in [0.15, 0.2) is 24.3 Å². The molecule has 1 fully saturated rings. The van der Waals surface area contributed by atoms with Gasteiger partial charge in [0.25, 0.3) is 5.91 Å². The van der Waals surface area contributed by atoms with Crippen molar-refractivity contribution >= 4 is 23.5 Å². The number of halogens is 1. The summed E-state index contributed by atoms with van der Waals surface area (Å²) in [4.78, 5) is 24.5. The van der Waals surface area contributed by atoms with Crippen LogP contribution in [-0.2, 0) is 14.3 Å². The molecule has 0 saturated heterocycles. The minimum Gasteiger partial charge on any atom is -0.455 e. The molecule has 0 spiro atoms. The van der Waals surface area contributed by atoms with E-state index >= 15 is 0 Å². The van der Waals surface area contributed by atoms with E-state index < -0.39 is 23.3 Å². The molecular formula is C19H23ClN2O3. The van der Waals surface area contributed by atoms with Crippen molar-refractivity contribution in [3.05, 3.63) is 34.9 Å². The van der Waals surface area contributed by atoms with Gasteiger partial charge in [-0.2, -0.15) is 5.26 Å². The van der Waals surface area contributed by atoms with Gasteiger partial charge in [0, 0.05) is 5.02 Å². The number of nitriles is 1. The molecule has 2 atom stereocenters. The number of carbonyl (C=O) groups excluding carboxylic acids is 2. The number of ether oxygens (including phenoxy) is 1. The van der Waals surface area contributed by atoms with Crippen LogP contribution in [0.1, 0.15) is 45.1 Å². The molecule has 5 nitrogen and oxygen atoms in total. The zero-order valence-electron chi connectivity index (χ0n) is 14.7. The number of hydrogen-bond acceptors (Lipinski definition) is 4. The second kappa shape index (κ2) is 7.88. The lowest BCUT2D eigenvalue weighted by Crippen LogP contribution is -2.48. The monoisotopic (exact) mass is 362 g/mol. The summed E-state index contributed by atoms with van der Waals surface area (Å²) >= 11 is 5.89. The molecule has 1 saturated carbocycles. The molecule has 0 unspecified atom stereocenters. The van der Waals surface area contributed by atoms with E-state index in [1.54, 1.807) is 31.2 Å². The number of nitrogens with zero attached hydrogens (tertiary/aromatic N) is 1. The molecule has 25 heavy (non-hydrogen) atoms. The van der Waals surface area contributed by atoms with Crippen molar-refractivity contribution in [2.45, 2.75) is 45.1 Å². The molecule has 0 aliphatic heterocycles. The Kier molecular flexibility index (Phi) is 6.07. The second-order valence-electron chi connectivity index (χ2n) is 7.02. The Labute approximate surface area is 153 Å². The lowest BCUT2D eigenvalue weighted by molar-refractivity contribution is -0.151. The maximum Gasteiger partial charge on any atom is 0.314 e. The van der Waals surface area contributed by atoms with E-state index in [1.165, 1.54) is 0 Å². The first-order chi connectivity index (χ1) is 11.8. The Hall–Kier alpha value is -2.06. The average molecular weight is 363 g/mol. The van der Waals surface area contributed by atoms with Crippen molar-refractivity contribution < 1.29 is 14.3 Å². The minimum atomic E-state index is -0.892. The zero-order valence-corrected chi connectivity index (χ0v) is 15.5. The number of rotatable bonds is 7. The Morgan fingerprint density at radius 1 is 1.36 bits per heavy atom. The fraction of sp³-hybridized carbons (Fsp3) is 0.526. The number of carbonyl (C=O) groups is 2. The molecule has 134 valence electrons. The van der Waals surface area contributed by atoms with E-state index in [0.29, 0.717) is 5.02 Å². The van der Waals surface area contributed by atoms with Gasteiger partial charge in [-0.25, -0.2) is 0 Å². The Balaban J connectivity index is 1.96. The van der Waals surface area contributed by atoms with E-state index in [1.807, 2.05) is 13.8 Å². The molecular weight excluding hydrogens is 340 g/mol. The van der Waals surface area contributed by atoms with Crippen LogP contribution in [0.25, 0.3) is 0 Å². The van der Waals surface area contributed by atoms with Gasteiger partial charge in [0.2, 0.25) is 0 Å². The Morgan fingerprint density at radius 3 is 2.44 bits per heavy atom. The summed E-state index contributed by atoms with van der Waals surface area (Å²) in [6, 6.07) is 9.16. The van der Waals surface area contributed by atoms with E-state index in [4.69, 9.17) is 16.3 Å². The summed E-state index contributed by atoms with van der Waals surface area (Å²) in [7, 11) is 0. The highest BCUT2D eigenvalue weighted by molar-refractivity contribution is 6.30. The third-order valence-electron chi connectivity index (χ3n) is 4.52. The highest BCUT2D eigenvalue weighted by atomic mass is 35.5. The van der Waals surface area contributed by atoms with Crippen LogP contribution in [0.5, 0.6) is 0 Å². The van der Waals surface area contributed by atoms with E-state index in [-0.39, 0.29) is 18.4 Å². The molecule has 0 radical (unpaired) electrons. The third kappa shape index (κ3) is 4.96. The van der Waals surface area contributed by atoms with Gasteiger partial charge in [-0.05, 0) is 49.3 Å². The van der Waals surface area contributed by atoms with Crippen molar-refractivity contribution in [1.29, 1.82) is 5.26 Å².